The van der Waals surface area contributed by atoms with Gasteiger partial charge in [-0.05, 0) is 31.0 Å². The van der Waals surface area contributed by atoms with Crippen LogP contribution < -0.4 is 15.4 Å². The number of ether oxygens (including phenoxy) is 1. The molecule has 0 saturated heterocycles. The molecule has 5 rings (SSSR count). The van der Waals surface area contributed by atoms with Crippen molar-refractivity contribution in [1.82, 2.24) is 15.0 Å². The van der Waals surface area contributed by atoms with Crippen molar-refractivity contribution >= 4 is 28.5 Å². The van der Waals surface area contributed by atoms with Gasteiger partial charge < -0.3 is 20.4 Å². The van der Waals surface area contributed by atoms with Crippen LogP contribution in [-0.2, 0) is 6.42 Å². The van der Waals surface area contributed by atoms with Crippen LogP contribution in [0.15, 0.2) is 24.4 Å². The maximum absolute atomic E-state index is 5.74. The maximum Gasteiger partial charge on any atom is 0.231 e. The summed E-state index contributed by atoms with van der Waals surface area (Å²) >= 11 is 0. The van der Waals surface area contributed by atoms with Gasteiger partial charge >= 0.3 is 0 Å². The highest BCUT2D eigenvalue weighted by Gasteiger charge is 2.20. The van der Waals surface area contributed by atoms with Gasteiger partial charge in [-0.3, -0.25) is 0 Å². The molecule has 127 valence electrons. The summed E-state index contributed by atoms with van der Waals surface area (Å²) in [5.41, 5.74) is 2.83. The third-order valence-corrected chi connectivity index (χ3v) is 4.98. The zero-order valence-electron chi connectivity index (χ0n) is 13.9. The molecule has 1 aromatic carbocycles. The molecule has 0 atom stereocenters. The van der Waals surface area contributed by atoms with Crippen LogP contribution in [0.4, 0.5) is 17.5 Å². The molecule has 0 unspecified atom stereocenters. The predicted molar refractivity (Wildman–Crippen MR) is 97.5 cm³/mol. The molecule has 0 spiro atoms. The summed E-state index contributed by atoms with van der Waals surface area (Å²) in [5, 5.41) is 7.95. The highest BCUT2D eigenvalue weighted by Crippen LogP contribution is 2.35. The minimum Gasteiger partial charge on any atom is -0.491 e. The molecule has 1 radical (unpaired) electrons. The summed E-state index contributed by atoms with van der Waals surface area (Å²) in [7, 11) is 0. The van der Waals surface area contributed by atoms with Gasteiger partial charge in [0.05, 0.1) is 17.7 Å². The molecule has 1 fully saturated rings. The van der Waals surface area contributed by atoms with Gasteiger partial charge in [0.1, 0.15) is 17.2 Å². The van der Waals surface area contributed by atoms with Gasteiger partial charge in [0.25, 0.3) is 0 Å². The predicted octanol–water partition coefficient (Wildman–Crippen LogP) is 3.79. The molecule has 25 heavy (non-hydrogen) atoms. The number of aromatic nitrogens is 3. The Balaban J connectivity index is 1.50. The lowest BCUT2D eigenvalue weighted by molar-refractivity contribution is 0.358. The quantitative estimate of drug-likeness (QED) is 0.677. The van der Waals surface area contributed by atoms with Crippen LogP contribution in [0.25, 0.3) is 11.0 Å². The van der Waals surface area contributed by atoms with E-state index >= 15 is 0 Å². The molecular weight excluding hydrogens is 314 g/mol. The SMILES string of the molecule is [c]1ccc(Nc2nc(NC3CCCC3)c3cc[nH]c3n2)c2c1CCO2. The lowest BCUT2D eigenvalue weighted by atomic mass is 10.1. The van der Waals surface area contributed by atoms with E-state index in [2.05, 4.69) is 26.7 Å². The van der Waals surface area contributed by atoms with E-state index in [1.54, 1.807) is 0 Å². The fourth-order valence-corrected chi connectivity index (χ4v) is 3.72. The van der Waals surface area contributed by atoms with E-state index in [0.29, 0.717) is 18.6 Å². The number of fused-ring (bicyclic) bond motifs is 2. The van der Waals surface area contributed by atoms with Gasteiger partial charge in [-0.2, -0.15) is 9.97 Å². The summed E-state index contributed by atoms with van der Waals surface area (Å²) < 4.78 is 5.74. The molecule has 3 heterocycles. The van der Waals surface area contributed by atoms with Crippen LogP contribution >= 0.6 is 0 Å². The van der Waals surface area contributed by atoms with Crippen LogP contribution in [0.5, 0.6) is 5.75 Å². The average Bonchev–Trinajstić information content (AvgIpc) is 3.36. The van der Waals surface area contributed by atoms with Gasteiger partial charge in [0.2, 0.25) is 5.95 Å². The lowest BCUT2D eigenvalue weighted by Crippen LogP contribution is -2.16. The number of nitrogens with one attached hydrogen (secondary N) is 3. The Kier molecular flexibility index (Phi) is 3.47. The molecule has 3 aromatic rings. The molecule has 1 saturated carbocycles. The van der Waals surface area contributed by atoms with Crippen LogP contribution in [0.2, 0.25) is 0 Å². The topological polar surface area (TPSA) is 74.9 Å². The Bertz CT molecular complexity index is 913. The number of nitrogens with zero attached hydrogens (tertiary/aromatic N) is 2. The minimum absolute atomic E-state index is 0.500. The third kappa shape index (κ3) is 2.67. The number of H-pyrrole nitrogens is 1. The Morgan fingerprint density at radius 2 is 2.12 bits per heavy atom. The summed E-state index contributed by atoms with van der Waals surface area (Å²) in [6.07, 6.45) is 7.78. The van der Waals surface area contributed by atoms with Gasteiger partial charge in [-0.25, -0.2) is 0 Å². The molecule has 2 aromatic heterocycles. The van der Waals surface area contributed by atoms with Crippen molar-refractivity contribution in [3.63, 3.8) is 0 Å². The summed E-state index contributed by atoms with van der Waals surface area (Å²) in [4.78, 5) is 12.5. The first-order valence-electron chi connectivity index (χ1n) is 8.92. The molecule has 6 heteroatoms. The van der Waals surface area contributed by atoms with Crippen molar-refractivity contribution < 1.29 is 4.74 Å². The van der Waals surface area contributed by atoms with E-state index in [4.69, 9.17) is 9.72 Å². The second kappa shape index (κ2) is 5.95. The molecular formula is C19H20N5O. The average molecular weight is 334 g/mol. The summed E-state index contributed by atoms with van der Waals surface area (Å²) in [6.45, 7) is 0.704. The fourth-order valence-electron chi connectivity index (χ4n) is 3.72. The highest BCUT2D eigenvalue weighted by molar-refractivity contribution is 5.88. The molecule has 1 aliphatic carbocycles. The lowest BCUT2D eigenvalue weighted by Gasteiger charge is -2.15. The van der Waals surface area contributed by atoms with Crippen LogP contribution in [-0.4, -0.2) is 27.6 Å². The monoisotopic (exact) mass is 334 g/mol. The smallest absolute Gasteiger partial charge is 0.231 e. The van der Waals surface area contributed by atoms with E-state index in [1.807, 2.05) is 24.4 Å². The first kappa shape index (κ1) is 14.6. The van der Waals surface area contributed by atoms with Crippen molar-refractivity contribution in [2.24, 2.45) is 0 Å². The summed E-state index contributed by atoms with van der Waals surface area (Å²) in [5.74, 6) is 2.32. The van der Waals surface area contributed by atoms with Gasteiger partial charge in [0, 0.05) is 24.2 Å². The number of benzene rings is 1. The van der Waals surface area contributed by atoms with E-state index in [9.17, 15) is 0 Å². The zero-order valence-corrected chi connectivity index (χ0v) is 13.9. The summed E-state index contributed by atoms with van der Waals surface area (Å²) in [6, 6.07) is 9.63. The first-order chi connectivity index (χ1) is 12.4. The largest absolute Gasteiger partial charge is 0.491 e. The third-order valence-electron chi connectivity index (χ3n) is 4.98. The van der Waals surface area contributed by atoms with Crippen molar-refractivity contribution in [2.45, 2.75) is 38.1 Å². The Hall–Kier alpha value is -2.76. The Morgan fingerprint density at radius 3 is 3.04 bits per heavy atom. The highest BCUT2D eigenvalue weighted by atomic mass is 16.5. The Morgan fingerprint density at radius 1 is 1.20 bits per heavy atom. The van der Waals surface area contributed by atoms with E-state index in [0.717, 1.165) is 40.3 Å². The number of anilines is 3. The van der Waals surface area contributed by atoms with Crippen molar-refractivity contribution in [2.75, 3.05) is 17.2 Å². The van der Waals surface area contributed by atoms with Crippen LogP contribution in [0, 0.1) is 6.07 Å². The van der Waals surface area contributed by atoms with Crippen LogP contribution in [0.3, 0.4) is 0 Å². The van der Waals surface area contributed by atoms with E-state index in [1.165, 1.54) is 25.7 Å². The minimum atomic E-state index is 0.500. The Labute approximate surface area is 146 Å². The van der Waals surface area contributed by atoms with Crippen molar-refractivity contribution in [3.05, 3.63) is 36.0 Å². The zero-order chi connectivity index (χ0) is 16.6. The van der Waals surface area contributed by atoms with E-state index < -0.39 is 0 Å². The van der Waals surface area contributed by atoms with Gasteiger partial charge in [0.15, 0.2) is 0 Å². The molecule has 1 aliphatic heterocycles. The van der Waals surface area contributed by atoms with Gasteiger partial charge in [-0.1, -0.05) is 18.9 Å². The van der Waals surface area contributed by atoms with Crippen molar-refractivity contribution in [1.29, 1.82) is 0 Å². The first-order valence-corrected chi connectivity index (χ1v) is 8.92. The number of rotatable bonds is 4. The molecule has 0 bridgehead atoms. The molecule has 6 nitrogen and oxygen atoms in total. The fraction of sp³-hybridized carbons (Fsp3) is 0.368. The normalized spacial score (nSPS) is 16.8. The second-order valence-electron chi connectivity index (χ2n) is 6.68. The van der Waals surface area contributed by atoms with Crippen molar-refractivity contribution in [3.8, 4) is 5.75 Å². The number of hydrogen-bond donors (Lipinski definition) is 3. The standard InChI is InChI=1S/C19H20N5O/c1-2-6-13(5-1)21-18-14-8-10-20-17(14)23-19(24-18)22-15-7-3-4-12-9-11-25-16(12)15/h3,7-8,10,13H,1-2,5-6,9,11H2,(H3,20,21,22,23,24). The van der Waals surface area contributed by atoms with E-state index in [-0.39, 0.29) is 0 Å². The van der Waals surface area contributed by atoms with Crippen LogP contribution in [0.1, 0.15) is 31.2 Å². The molecule has 2 aliphatic rings. The number of aromatic amines is 1. The molecule has 0 amide bonds. The second-order valence-corrected chi connectivity index (χ2v) is 6.68. The molecule has 3 N–H and O–H groups in total. The van der Waals surface area contributed by atoms with Gasteiger partial charge in [-0.15, -0.1) is 0 Å². The maximum atomic E-state index is 5.74. The number of hydrogen-bond acceptors (Lipinski definition) is 5.